The minimum atomic E-state index is -0.184. The van der Waals surface area contributed by atoms with Crippen LogP contribution in [0, 0.1) is 0 Å². The van der Waals surface area contributed by atoms with Crippen molar-refractivity contribution in [3.05, 3.63) is 89.3 Å². The van der Waals surface area contributed by atoms with E-state index in [0.29, 0.717) is 11.6 Å². The van der Waals surface area contributed by atoms with E-state index in [1.807, 2.05) is 42.5 Å². The van der Waals surface area contributed by atoms with E-state index < -0.39 is 0 Å². The molecule has 1 N–H and O–H groups in total. The van der Waals surface area contributed by atoms with Crippen LogP contribution in [0.15, 0.2) is 73.2 Å². The van der Waals surface area contributed by atoms with Gasteiger partial charge < -0.3 is 5.32 Å². The maximum absolute atomic E-state index is 11.9. The first-order chi connectivity index (χ1) is 12.2. The Hall–Kier alpha value is -2.98. The fraction of sp³-hybridized carbons (Fsp3) is 0.0500. The van der Waals surface area contributed by atoms with Crippen molar-refractivity contribution in [2.75, 3.05) is 0 Å². The third kappa shape index (κ3) is 4.75. The van der Waals surface area contributed by atoms with Crippen molar-refractivity contribution in [3.63, 3.8) is 0 Å². The van der Waals surface area contributed by atoms with E-state index in [4.69, 9.17) is 11.6 Å². The summed E-state index contributed by atoms with van der Waals surface area (Å²) in [6, 6.07) is 15.0. The van der Waals surface area contributed by atoms with Gasteiger partial charge >= 0.3 is 0 Å². The number of carbonyl (C=O) groups is 1. The van der Waals surface area contributed by atoms with Gasteiger partial charge in [0.1, 0.15) is 0 Å². The van der Waals surface area contributed by atoms with Crippen LogP contribution in [0.3, 0.4) is 0 Å². The largest absolute Gasteiger partial charge is 0.348 e. The second-order valence-electron chi connectivity index (χ2n) is 5.37. The molecule has 3 aromatic rings. The van der Waals surface area contributed by atoms with Crippen molar-refractivity contribution in [3.8, 4) is 11.3 Å². The molecular formula is C20H16ClN3O. The molecular weight excluding hydrogens is 334 g/mol. The molecule has 0 aliphatic heterocycles. The standard InChI is InChI=1S/C20H16ClN3O/c21-18-6-2-1-4-16(18)8-10-20(25)24-13-15-7-9-19(23-12-15)17-5-3-11-22-14-17/h1-12,14H,13H2,(H,24,25)/b10-8+. The molecule has 0 unspecified atom stereocenters. The number of halogens is 1. The number of benzene rings is 1. The van der Waals surface area contributed by atoms with E-state index in [1.54, 1.807) is 30.7 Å². The third-order valence-corrected chi connectivity index (χ3v) is 3.91. The Morgan fingerprint density at radius 3 is 2.68 bits per heavy atom. The summed E-state index contributed by atoms with van der Waals surface area (Å²) < 4.78 is 0. The van der Waals surface area contributed by atoms with Crippen LogP contribution in [0.5, 0.6) is 0 Å². The highest BCUT2D eigenvalue weighted by Crippen LogP contribution is 2.16. The van der Waals surface area contributed by atoms with Crippen molar-refractivity contribution in [1.82, 2.24) is 15.3 Å². The average Bonchev–Trinajstić information content (AvgIpc) is 2.67. The number of hydrogen-bond acceptors (Lipinski definition) is 3. The third-order valence-electron chi connectivity index (χ3n) is 3.57. The van der Waals surface area contributed by atoms with Crippen LogP contribution in [-0.4, -0.2) is 15.9 Å². The molecule has 25 heavy (non-hydrogen) atoms. The highest BCUT2D eigenvalue weighted by atomic mass is 35.5. The number of aromatic nitrogens is 2. The van der Waals surface area contributed by atoms with Gasteiger partial charge in [-0.05, 0) is 41.5 Å². The van der Waals surface area contributed by atoms with Gasteiger partial charge in [0.25, 0.3) is 0 Å². The minimum absolute atomic E-state index is 0.184. The van der Waals surface area contributed by atoms with Crippen LogP contribution >= 0.6 is 11.6 Å². The summed E-state index contributed by atoms with van der Waals surface area (Å²) in [6.07, 6.45) is 8.41. The van der Waals surface area contributed by atoms with Crippen LogP contribution in [0.4, 0.5) is 0 Å². The van der Waals surface area contributed by atoms with Gasteiger partial charge in [-0.1, -0.05) is 35.9 Å². The summed E-state index contributed by atoms with van der Waals surface area (Å²) >= 11 is 6.05. The first-order valence-electron chi connectivity index (χ1n) is 7.78. The Bertz CT molecular complexity index is 877. The van der Waals surface area contributed by atoms with E-state index in [-0.39, 0.29) is 5.91 Å². The number of rotatable bonds is 5. The van der Waals surface area contributed by atoms with Gasteiger partial charge in [-0.25, -0.2) is 0 Å². The highest BCUT2D eigenvalue weighted by Gasteiger charge is 2.01. The zero-order chi connectivity index (χ0) is 17.5. The molecule has 4 nitrogen and oxygen atoms in total. The van der Waals surface area contributed by atoms with Crippen LogP contribution < -0.4 is 5.32 Å². The van der Waals surface area contributed by atoms with E-state index in [9.17, 15) is 4.79 Å². The van der Waals surface area contributed by atoms with Gasteiger partial charge in [-0.15, -0.1) is 0 Å². The molecule has 0 atom stereocenters. The molecule has 0 bridgehead atoms. The molecule has 2 aromatic heterocycles. The zero-order valence-corrected chi connectivity index (χ0v) is 14.1. The van der Waals surface area contributed by atoms with Gasteiger partial charge in [-0.2, -0.15) is 0 Å². The lowest BCUT2D eigenvalue weighted by molar-refractivity contribution is -0.116. The van der Waals surface area contributed by atoms with Crippen LogP contribution in [0.2, 0.25) is 5.02 Å². The molecule has 0 aliphatic carbocycles. The van der Waals surface area contributed by atoms with Gasteiger partial charge in [0, 0.05) is 41.8 Å². The fourth-order valence-corrected chi connectivity index (χ4v) is 2.44. The lowest BCUT2D eigenvalue weighted by Gasteiger charge is -2.04. The molecule has 0 fully saturated rings. The molecule has 0 saturated heterocycles. The fourth-order valence-electron chi connectivity index (χ4n) is 2.24. The second kappa shape index (κ2) is 8.22. The number of hydrogen-bond donors (Lipinski definition) is 1. The summed E-state index contributed by atoms with van der Waals surface area (Å²) in [4.78, 5) is 20.4. The number of carbonyl (C=O) groups excluding carboxylic acids is 1. The van der Waals surface area contributed by atoms with Crippen molar-refractivity contribution in [2.45, 2.75) is 6.54 Å². The molecule has 0 spiro atoms. The SMILES string of the molecule is O=C(/C=C/c1ccccc1Cl)NCc1ccc(-c2cccnc2)nc1. The highest BCUT2D eigenvalue weighted by molar-refractivity contribution is 6.32. The first kappa shape index (κ1) is 16.9. The molecule has 2 heterocycles. The van der Waals surface area contributed by atoms with Gasteiger partial charge in [0.2, 0.25) is 5.91 Å². The molecule has 0 saturated carbocycles. The average molecular weight is 350 g/mol. The molecule has 0 radical (unpaired) electrons. The summed E-state index contributed by atoms with van der Waals surface area (Å²) in [6.45, 7) is 0.409. The normalized spacial score (nSPS) is 10.8. The lowest BCUT2D eigenvalue weighted by Crippen LogP contribution is -2.20. The predicted octanol–water partition coefficient (Wildman–Crippen LogP) is 4.13. The van der Waals surface area contributed by atoms with E-state index in [1.165, 1.54) is 6.08 Å². The Morgan fingerprint density at radius 1 is 1.08 bits per heavy atom. The number of nitrogens with zero attached hydrogens (tertiary/aromatic N) is 2. The van der Waals surface area contributed by atoms with Crippen molar-refractivity contribution in [2.24, 2.45) is 0 Å². The Morgan fingerprint density at radius 2 is 1.96 bits per heavy atom. The Kier molecular flexibility index (Phi) is 5.54. The van der Waals surface area contributed by atoms with Crippen molar-refractivity contribution < 1.29 is 4.79 Å². The van der Waals surface area contributed by atoms with Crippen LogP contribution in [0.25, 0.3) is 17.3 Å². The molecule has 3 rings (SSSR count). The maximum atomic E-state index is 11.9. The lowest BCUT2D eigenvalue weighted by atomic mass is 10.1. The second-order valence-corrected chi connectivity index (χ2v) is 5.77. The quantitative estimate of drug-likeness (QED) is 0.705. The molecule has 5 heteroatoms. The van der Waals surface area contributed by atoms with Gasteiger partial charge in [-0.3, -0.25) is 14.8 Å². The van der Waals surface area contributed by atoms with Crippen molar-refractivity contribution >= 4 is 23.6 Å². The van der Waals surface area contributed by atoms with Crippen LogP contribution in [-0.2, 0) is 11.3 Å². The Labute approximate surface area is 151 Å². The molecule has 1 amide bonds. The Balaban J connectivity index is 1.56. The smallest absolute Gasteiger partial charge is 0.244 e. The zero-order valence-electron chi connectivity index (χ0n) is 13.4. The van der Waals surface area contributed by atoms with E-state index >= 15 is 0 Å². The number of pyridine rings is 2. The molecule has 0 aliphatic rings. The molecule has 1 aromatic carbocycles. The summed E-state index contributed by atoms with van der Waals surface area (Å²) in [7, 11) is 0. The first-order valence-corrected chi connectivity index (χ1v) is 8.16. The summed E-state index contributed by atoms with van der Waals surface area (Å²) in [5.41, 5.74) is 3.54. The minimum Gasteiger partial charge on any atom is -0.348 e. The monoisotopic (exact) mass is 349 g/mol. The maximum Gasteiger partial charge on any atom is 0.244 e. The van der Waals surface area contributed by atoms with E-state index in [2.05, 4.69) is 15.3 Å². The van der Waals surface area contributed by atoms with Gasteiger partial charge in [0.15, 0.2) is 0 Å². The van der Waals surface area contributed by atoms with Crippen LogP contribution in [0.1, 0.15) is 11.1 Å². The topological polar surface area (TPSA) is 54.9 Å². The number of nitrogens with one attached hydrogen (secondary N) is 1. The number of amides is 1. The van der Waals surface area contributed by atoms with Crippen molar-refractivity contribution in [1.29, 1.82) is 0 Å². The predicted molar refractivity (Wildman–Crippen MR) is 99.8 cm³/mol. The van der Waals surface area contributed by atoms with Gasteiger partial charge in [0.05, 0.1) is 5.69 Å². The summed E-state index contributed by atoms with van der Waals surface area (Å²) in [5.74, 6) is -0.184. The molecule has 124 valence electrons. The van der Waals surface area contributed by atoms with E-state index in [0.717, 1.165) is 22.4 Å². The summed E-state index contributed by atoms with van der Waals surface area (Å²) in [5, 5.41) is 3.44.